The SMILES string of the molecule is CC.CCCCC(C)CCNc1c(F)cc2c(=O)c(C(=O)NCCN3CCOCC3)cn3c2c1Oc1cc2c(cc1-3)oc1ccccc12. The lowest BCUT2D eigenvalue weighted by Crippen LogP contribution is -2.42. The topological polar surface area (TPSA) is 98.0 Å². The number of unbranched alkanes of at least 4 members (excludes halogenated alkanes) is 1. The number of nitrogens with zero attached hydrogens (tertiary/aromatic N) is 2. The number of amides is 1. The Labute approximate surface area is 280 Å². The van der Waals surface area contributed by atoms with E-state index in [2.05, 4.69) is 29.4 Å². The van der Waals surface area contributed by atoms with E-state index in [1.165, 1.54) is 6.07 Å². The number of furan rings is 1. The van der Waals surface area contributed by atoms with E-state index in [4.69, 9.17) is 13.9 Å². The maximum absolute atomic E-state index is 15.9. The summed E-state index contributed by atoms with van der Waals surface area (Å²) in [6.07, 6.45) is 5.82. The van der Waals surface area contributed by atoms with E-state index >= 15 is 4.39 Å². The van der Waals surface area contributed by atoms with Crippen molar-refractivity contribution in [1.82, 2.24) is 14.8 Å². The molecule has 3 aromatic carbocycles. The highest BCUT2D eigenvalue weighted by Gasteiger charge is 2.29. The van der Waals surface area contributed by atoms with Gasteiger partial charge in [0.15, 0.2) is 17.3 Å². The number of morpholine rings is 1. The molecule has 0 aliphatic carbocycles. The summed E-state index contributed by atoms with van der Waals surface area (Å²) >= 11 is 0. The summed E-state index contributed by atoms with van der Waals surface area (Å²) in [6.45, 7) is 12.8. The molecule has 2 aliphatic heterocycles. The van der Waals surface area contributed by atoms with Gasteiger partial charge in [0.1, 0.15) is 27.9 Å². The van der Waals surface area contributed by atoms with E-state index in [0.29, 0.717) is 61.3 Å². The van der Waals surface area contributed by atoms with Crippen molar-refractivity contribution < 1.29 is 23.1 Å². The Balaban J connectivity index is 0.00000197. The lowest BCUT2D eigenvalue weighted by Gasteiger charge is -2.27. The molecule has 1 unspecified atom stereocenters. The van der Waals surface area contributed by atoms with Crippen LogP contribution in [-0.2, 0) is 4.74 Å². The number of anilines is 1. The second-order valence-corrected chi connectivity index (χ2v) is 12.4. The lowest BCUT2D eigenvalue weighted by molar-refractivity contribution is 0.0383. The van der Waals surface area contributed by atoms with Gasteiger partial charge in [-0.15, -0.1) is 0 Å². The van der Waals surface area contributed by atoms with Crippen LogP contribution in [0.2, 0.25) is 0 Å². The molecule has 1 amide bonds. The smallest absolute Gasteiger partial charge is 0.256 e. The fourth-order valence-corrected chi connectivity index (χ4v) is 6.55. The molecule has 2 N–H and O–H groups in total. The minimum atomic E-state index is -0.601. The quantitative estimate of drug-likeness (QED) is 0.147. The maximum Gasteiger partial charge on any atom is 0.256 e. The first-order valence-electron chi connectivity index (χ1n) is 17.3. The minimum Gasteiger partial charge on any atom is -0.456 e. The van der Waals surface area contributed by atoms with Crippen molar-refractivity contribution in [3.05, 3.63) is 70.3 Å². The van der Waals surface area contributed by atoms with Gasteiger partial charge >= 0.3 is 0 Å². The summed E-state index contributed by atoms with van der Waals surface area (Å²) < 4.78 is 35.8. The van der Waals surface area contributed by atoms with Gasteiger partial charge in [0.05, 0.1) is 24.3 Å². The first-order chi connectivity index (χ1) is 23.4. The number of fused-ring (bicyclic) bond motifs is 5. The van der Waals surface area contributed by atoms with Gasteiger partial charge in [-0.2, -0.15) is 0 Å². The number of hydrogen-bond acceptors (Lipinski definition) is 7. The molecule has 1 fully saturated rings. The second kappa shape index (κ2) is 14.8. The minimum absolute atomic E-state index is 0.0668. The molecule has 48 heavy (non-hydrogen) atoms. The number of hydrogen-bond donors (Lipinski definition) is 2. The molecule has 254 valence electrons. The van der Waals surface area contributed by atoms with E-state index < -0.39 is 17.2 Å². The third-order valence-corrected chi connectivity index (χ3v) is 9.18. The van der Waals surface area contributed by atoms with E-state index in [1.807, 2.05) is 50.2 Å². The van der Waals surface area contributed by atoms with E-state index in [9.17, 15) is 9.59 Å². The standard InChI is InChI=1S/C36H39FN4O5.C2H6/c1-3-4-7-22(2)10-11-38-32-27(37)18-25-33-35(32)46-31-19-24-23-8-5-6-9-29(23)45-30(24)20-28(31)41(33)21-26(34(25)42)36(43)39-12-13-40-14-16-44-17-15-40;1-2/h5-6,8-9,18-22,38H,3-4,7,10-17H2,1-2H3,(H,39,43);1-2H3. The van der Waals surface area contributed by atoms with Crippen LogP contribution in [0.1, 0.15) is 63.7 Å². The summed E-state index contributed by atoms with van der Waals surface area (Å²) in [4.78, 5) is 29.5. The summed E-state index contributed by atoms with van der Waals surface area (Å²) in [5, 5.41) is 8.03. The van der Waals surface area contributed by atoms with Crippen molar-refractivity contribution in [1.29, 1.82) is 0 Å². The average molecular weight is 657 g/mol. The van der Waals surface area contributed by atoms with Gasteiger partial charge < -0.3 is 29.1 Å². The van der Waals surface area contributed by atoms with Crippen molar-refractivity contribution in [3.8, 4) is 17.2 Å². The fourth-order valence-electron chi connectivity index (χ4n) is 6.55. The van der Waals surface area contributed by atoms with E-state index in [-0.39, 0.29) is 22.4 Å². The molecule has 0 bridgehead atoms. The normalized spacial score (nSPS) is 14.7. The Bertz CT molecular complexity index is 2000. The first-order valence-corrected chi connectivity index (χ1v) is 17.3. The Kier molecular flexibility index (Phi) is 10.3. The van der Waals surface area contributed by atoms with Crippen molar-refractivity contribution >= 4 is 44.4 Å². The molecule has 0 spiro atoms. The highest BCUT2D eigenvalue weighted by Crippen LogP contribution is 2.47. The number of rotatable bonds is 11. The number of aromatic nitrogens is 1. The third-order valence-electron chi connectivity index (χ3n) is 9.18. The highest BCUT2D eigenvalue weighted by atomic mass is 19.1. The van der Waals surface area contributed by atoms with Gasteiger partial charge in [0.2, 0.25) is 5.43 Å². The van der Waals surface area contributed by atoms with Crippen LogP contribution in [0.5, 0.6) is 11.5 Å². The molecule has 0 radical (unpaired) electrons. The molecule has 7 rings (SSSR count). The maximum atomic E-state index is 15.9. The van der Waals surface area contributed by atoms with Crippen molar-refractivity contribution in [2.45, 2.75) is 53.4 Å². The van der Waals surface area contributed by atoms with Crippen molar-refractivity contribution in [2.75, 3.05) is 51.3 Å². The number of carbonyl (C=O) groups excluding carboxylic acids is 1. The zero-order chi connectivity index (χ0) is 33.8. The molecule has 1 saturated heterocycles. The third kappa shape index (κ3) is 6.51. The Hall–Kier alpha value is -4.41. The lowest BCUT2D eigenvalue weighted by atomic mass is 10.0. The molecule has 0 saturated carbocycles. The average Bonchev–Trinajstić information content (AvgIpc) is 3.47. The summed E-state index contributed by atoms with van der Waals surface area (Å²) in [5.41, 5.74) is 1.95. The number of pyridine rings is 1. The molecular formula is C38H45FN4O5. The monoisotopic (exact) mass is 656 g/mol. The van der Waals surface area contributed by atoms with Crippen LogP contribution in [0.4, 0.5) is 10.1 Å². The summed E-state index contributed by atoms with van der Waals surface area (Å²) in [5.74, 6) is 0.0778. The van der Waals surface area contributed by atoms with Crippen LogP contribution in [0.15, 0.2) is 57.9 Å². The summed E-state index contributed by atoms with van der Waals surface area (Å²) in [7, 11) is 0. The number of carbonyl (C=O) groups is 1. The van der Waals surface area contributed by atoms with Gasteiger partial charge in [-0.3, -0.25) is 14.5 Å². The fraction of sp³-hybridized carbons (Fsp3) is 0.421. The first kappa shape index (κ1) is 33.5. The van der Waals surface area contributed by atoms with Crippen molar-refractivity contribution in [2.24, 2.45) is 5.92 Å². The molecule has 5 aromatic rings. The number of benzene rings is 3. The van der Waals surface area contributed by atoms with Crippen LogP contribution < -0.4 is 20.8 Å². The van der Waals surface area contributed by atoms with Gasteiger partial charge in [-0.05, 0) is 30.5 Å². The van der Waals surface area contributed by atoms with E-state index in [0.717, 1.165) is 55.1 Å². The van der Waals surface area contributed by atoms with Crippen LogP contribution in [0.25, 0.3) is 38.5 Å². The van der Waals surface area contributed by atoms with Gasteiger partial charge in [-0.1, -0.05) is 65.2 Å². The Morgan fingerprint density at radius 1 is 1.00 bits per heavy atom. The van der Waals surface area contributed by atoms with Gasteiger partial charge in [0, 0.05) is 55.8 Å². The zero-order valence-corrected chi connectivity index (χ0v) is 28.3. The predicted octanol–water partition coefficient (Wildman–Crippen LogP) is 7.85. The Morgan fingerprint density at radius 2 is 1.79 bits per heavy atom. The van der Waals surface area contributed by atoms with Crippen molar-refractivity contribution in [3.63, 3.8) is 0 Å². The molecule has 1 atom stereocenters. The molecule has 4 heterocycles. The molecule has 10 heteroatoms. The number of nitrogens with one attached hydrogen (secondary N) is 2. The van der Waals surface area contributed by atoms with E-state index in [1.54, 1.807) is 10.8 Å². The highest BCUT2D eigenvalue weighted by molar-refractivity contribution is 6.07. The molecular weight excluding hydrogens is 611 g/mol. The van der Waals surface area contributed by atoms with Crippen LogP contribution in [0, 0.1) is 11.7 Å². The van der Waals surface area contributed by atoms with Gasteiger partial charge in [-0.25, -0.2) is 4.39 Å². The van der Waals surface area contributed by atoms with Crippen LogP contribution in [-0.4, -0.2) is 61.3 Å². The predicted molar refractivity (Wildman–Crippen MR) is 190 cm³/mol. The molecule has 2 aromatic heterocycles. The number of para-hydroxylation sites is 1. The van der Waals surface area contributed by atoms with Crippen LogP contribution >= 0.6 is 0 Å². The summed E-state index contributed by atoms with van der Waals surface area (Å²) in [6, 6.07) is 12.7. The number of ether oxygens (including phenoxy) is 2. The number of halogens is 1. The Morgan fingerprint density at radius 3 is 2.58 bits per heavy atom. The zero-order valence-electron chi connectivity index (χ0n) is 28.3. The largest absolute Gasteiger partial charge is 0.456 e. The molecule has 2 aliphatic rings. The van der Waals surface area contributed by atoms with Gasteiger partial charge in [0.25, 0.3) is 5.91 Å². The molecule has 9 nitrogen and oxygen atoms in total. The van der Waals surface area contributed by atoms with Crippen LogP contribution in [0.3, 0.4) is 0 Å². The second-order valence-electron chi connectivity index (χ2n) is 12.4.